The van der Waals surface area contributed by atoms with Crippen LogP contribution in [-0.2, 0) is 0 Å². The molecule has 0 amide bonds. The lowest BCUT2D eigenvalue weighted by Crippen LogP contribution is -2.42. The lowest BCUT2D eigenvalue weighted by atomic mass is 10.0. The molecule has 2 aliphatic rings. The van der Waals surface area contributed by atoms with E-state index in [4.69, 9.17) is 0 Å². The van der Waals surface area contributed by atoms with Crippen LogP contribution < -0.4 is 5.32 Å². The summed E-state index contributed by atoms with van der Waals surface area (Å²) in [5, 5.41) is 3.65. The van der Waals surface area contributed by atoms with E-state index in [9.17, 15) is 0 Å². The van der Waals surface area contributed by atoms with Gasteiger partial charge in [0.15, 0.2) is 0 Å². The highest BCUT2D eigenvalue weighted by molar-refractivity contribution is 4.74. The lowest BCUT2D eigenvalue weighted by Gasteiger charge is -2.31. The molecule has 1 heterocycles. The summed E-state index contributed by atoms with van der Waals surface area (Å²) in [7, 11) is 0. The predicted octanol–water partition coefficient (Wildman–Crippen LogP) is 3.91. The average molecular weight is 252 g/mol. The average Bonchev–Trinajstić information content (AvgIpc) is 2.61. The normalized spacial score (nSPS) is 27.3. The minimum Gasteiger partial charge on any atom is -0.304 e. The van der Waals surface area contributed by atoms with E-state index >= 15 is 0 Å². The summed E-state index contributed by atoms with van der Waals surface area (Å²) in [6.45, 7) is 3.70. The summed E-state index contributed by atoms with van der Waals surface area (Å²) < 4.78 is 0. The summed E-state index contributed by atoms with van der Waals surface area (Å²) in [6.07, 6.45) is 17.4. The van der Waals surface area contributed by atoms with Crippen LogP contribution in [0.1, 0.15) is 77.0 Å². The molecule has 2 fully saturated rings. The highest BCUT2D eigenvalue weighted by atomic mass is 15.2. The van der Waals surface area contributed by atoms with E-state index in [0.29, 0.717) is 0 Å². The van der Waals surface area contributed by atoms with Crippen molar-refractivity contribution in [1.29, 1.82) is 0 Å². The Morgan fingerprint density at radius 3 is 2.06 bits per heavy atom. The fourth-order valence-electron chi connectivity index (χ4n) is 3.51. The summed E-state index contributed by atoms with van der Waals surface area (Å²) in [5.74, 6) is 0. The van der Waals surface area contributed by atoms with Crippen molar-refractivity contribution in [3.8, 4) is 0 Å². The van der Waals surface area contributed by atoms with Gasteiger partial charge in [0.2, 0.25) is 0 Å². The van der Waals surface area contributed by atoms with Crippen LogP contribution in [0.2, 0.25) is 0 Å². The van der Waals surface area contributed by atoms with E-state index in [0.717, 1.165) is 12.7 Å². The molecular weight excluding hydrogens is 220 g/mol. The third-order valence-corrected chi connectivity index (χ3v) is 4.70. The van der Waals surface area contributed by atoms with Crippen molar-refractivity contribution in [3.05, 3.63) is 0 Å². The Labute approximate surface area is 114 Å². The Kier molecular flexibility index (Phi) is 7.11. The molecule has 1 saturated heterocycles. The fourth-order valence-corrected chi connectivity index (χ4v) is 3.51. The second kappa shape index (κ2) is 8.92. The maximum absolute atomic E-state index is 3.65. The van der Waals surface area contributed by atoms with Gasteiger partial charge in [0, 0.05) is 12.7 Å². The fraction of sp³-hybridized carbons (Fsp3) is 1.00. The van der Waals surface area contributed by atoms with Crippen LogP contribution in [0.4, 0.5) is 0 Å². The molecule has 1 saturated carbocycles. The van der Waals surface area contributed by atoms with E-state index in [1.54, 1.807) is 0 Å². The van der Waals surface area contributed by atoms with E-state index in [1.807, 2.05) is 0 Å². The number of nitrogens with zero attached hydrogens (tertiary/aromatic N) is 1. The van der Waals surface area contributed by atoms with Crippen LogP contribution in [0, 0.1) is 0 Å². The number of hydrogen-bond donors (Lipinski definition) is 1. The van der Waals surface area contributed by atoms with Crippen molar-refractivity contribution in [2.45, 2.75) is 83.1 Å². The van der Waals surface area contributed by atoms with Crippen molar-refractivity contribution in [2.24, 2.45) is 0 Å². The van der Waals surface area contributed by atoms with Gasteiger partial charge in [-0.3, -0.25) is 4.90 Å². The second-order valence-corrected chi connectivity index (χ2v) is 6.24. The Bertz CT molecular complexity index is 163. The molecular formula is C16H32N2. The molecule has 2 heteroatoms. The Morgan fingerprint density at radius 2 is 1.28 bits per heavy atom. The standard InChI is InChI=1S/C16H32N2/c1-2-4-8-12-16(11-7-3-1)18-14-10-6-5-9-13-17-15-18/h16-17H,1-15H2. The maximum Gasteiger partial charge on any atom is 0.0483 e. The molecule has 0 aromatic rings. The zero-order chi connectivity index (χ0) is 12.5. The Balaban J connectivity index is 1.83. The molecule has 106 valence electrons. The van der Waals surface area contributed by atoms with Crippen LogP contribution in [-0.4, -0.2) is 30.7 Å². The predicted molar refractivity (Wildman–Crippen MR) is 78.8 cm³/mol. The Morgan fingerprint density at radius 1 is 0.667 bits per heavy atom. The first-order chi connectivity index (χ1) is 8.97. The van der Waals surface area contributed by atoms with Crippen LogP contribution in [0.25, 0.3) is 0 Å². The summed E-state index contributed by atoms with van der Waals surface area (Å²) in [6, 6.07) is 0.869. The van der Waals surface area contributed by atoms with Gasteiger partial charge in [-0.05, 0) is 38.8 Å². The zero-order valence-corrected chi connectivity index (χ0v) is 12.1. The maximum atomic E-state index is 3.65. The minimum absolute atomic E-state index is 0.869. The van der Waals surface area contributed by atoms with Crippen LogP contribution in [0.3, 0.4) is 0 Å². The van der Waals surface area contributed by atoms with E-state index in [1.165, 1.54) is 90.1 Å². The number of nitrogens with one attached hydrogen (secondary N) is 1. The third kappa shape index (κ3) is 5.27. The third-order valence-electron chi connectivity index (χ3n) is 4.70. The molecule has 0 spiro atoms. The molecule has 0 aromatic heterocycles. The van der Waals surface area contributed by atoms with E-state index < -0.39 is 0 Å². The molecule has 0 unspecified atom stereocenters. The zero-order valence-electron chi connectivity index (χ0n) is 12.1. The molecule has 2 nitrogen and oxygen atoms in total. The van der Waals surface area contributed by atoms with E-state index in [2.05, 4.69) is 10.2 Å². The molecule has 0 aromatic carbocycles. The van der Waals surface area contributed by atoms with Gasteiger partial charge in [-0.25, -0.2) is 0 Å². The number of hydrogen-bond acceptors (Lipinski definition) is 2. The molecule has 0 bridgehead atoms. The van der Waals surface area contributed by atoms with Crippen molar-refractivity contribution >= 4 is 0 Å². The summed E-state index contributed by atoms with van der Waals surface area (Å²) in [4.78, 5) is 2.76. The molecule has 1 N–H and O–H groups in total. The highest BCUT2D eigenvalue weighted by Gasteiger charge is 2.18. The first kappa shape index (κ1) is 14.3. The largest absolute Gasteiger partial charge is 0.304 e. The van der Waals surface area contributed by atoms with Gasteiger partial charge >= 0.3 is 0 Å². The first-order valence-electron chi connectivity index (χ1n) is 8.41. The molecule has 0 radical (unpaired) electrons. The van der Waals surface area contributed by atoms with Gasteiger partial charge in [-0.1, -0.05) is 51.4 Å². The van der Waals surface area contributed by atoms with Crippen molar-refractivity contribution in [1.82, 2.24) is 10.2 Å². The molecule has 1 aliphatic carbocycles. The van der Waals surface area contributed by atoms with Gasteiger partial charge in [-0.15, -0.1) is 0 Å². The van der Waals surface area contributed by atoms with Crippen LogP contribution >= 0.6 is 0 Å². The summed E-state index contributed by atoms with van der Waals surface area (Å²) >= 11 is 0. The smallest absolute Gasteiger partial charge is 0.0483 e. The lowest BCUT2D eigenvalue weighted by molar-refractivity contribution is 0.160. The number of rotatable bonds is 1. The monoisotopic (exact) mass is 252 g/mol. The van der Waals surface area contributed by atoms with Gasteiger partial charge < -0.3 is 5.32 Å². The van der Waals surface area contributed by atoms with Crippen molar-refractivity contribution in [3.63, 3.8) is 0 Å². The van der Waals surface area contributed by atoms with Crippen molar-refractivity contribution < 1.29 is 0 Å². The molecule has 2 rings (SSSR count). The second-order valence-electron chi connectivity index (χ2n) is 6.24. The van der Waals surface area contributed by atoms with Gasteiger partial charge in [0.05, 0.1) is 0 Å². The van der Waals surface area contributed by atoms with Crippen molar-refractivity contribution in [2.75, 3.05) is 19.8 Å². The SMILES string of the molecule is C1CCCCC(N2CCCCCCNC2)CCC1. The van der Waals surface area contributed by atoms with Crippen LogP contribution in [0.15, 0.2) is 0 Å². The van der Waals surface area contributed by atoms with Gasteiger partial charge in [0.25, 0.3) is 0 Å². The quantitative estimate of drug-likeness (QED) is 0.761. The molecule has 0 atom stereocenters. The molecule has 1 aliphatic heterocycles. The minimum atomic E-state index is 0.869. The molecule has 18 heavy (non-hydrogen) atoms. The summed E-state index contributed by atoms with van der Waals surface area (Å²) in [5.41, 5.74) is 0. The topological polar surface area (TPSA) is 15.3 Å². The van der Waals surface area contributed by atoms with E-state index in [-0.39, 0.29) is 0 Å². The Hall–Kier alpha value is -0.0800. The highest BCUT2D eigenvalue weighted by Crippen LogP contribution is 2.21. The first-order valence-corrected chi connectivity index (χ1v) is 8.41. The van der Waals surface area contributed by atoms with Gasteiger partial charge in [0.1, 0.15) is 0 Å². The van der Waals surface area contributed by atoms with Crippen LogP contribution in [0.5, 0.6) is 0 Å². The van der Waals surface area contributed by atoms with Gasteiger partial charge in [-0.2, -0.15) is 0 Å².